The van der Waals surface area contributed by atoms with E-state index in [1.807, 2.05) is 58.0 Å². The summed E-state index contributed by atoms with van der Waals surface area (Å²) < 4.78 is 11.8. The van der Waals surface area contributed by atoms with E-state index in [4.69, 9.17) is 19.2 Å². The van der Waals surface area contributed by atoms with Gasteiger partial charge in [-0.1, -0.05) is 18.2 Å². The normalized spacial score (nSPS) is 30.6. The summed E-state index contributed by atoms with van der Waals surface area (Å²) >= 11 is 0. The van der Waals surface area contributed by atoms with Crippen LogP contribution in [0.2, 0.25) is 0 Å². The molecule has 138 valence electrons. The van der Waals surface area contributed by atoms with Crippen LogP contribution in [0.3, 0.4) is 0 Å². The fourth-order valence-corrected chi connectivity index (χ4v) is 3.04. The molecule has 6 heteroatoms. The number of benzene rings is 1. The number of ether oxygens (including phenoxy) is 2. The molecule has 6 nitrogen and oxygen atoms in total. The Bertz CT molecular complexity index is 606. The monoisotopic (exact) mass is 349 g/mol. The summed E-state index contributed by atoms with van der Waals surface area (Å²) in [5.74, 6) is -0.755. The second-order valence-electron chi connectivity index (χ2n) is 7.80. The Morgan fingerprint density at radius 3 is 2.28 bits per heavy atom. The zero-order chi connectivity index (χ0) is 18.1. The van der Waals surface area contributed by atoms with Gasteiger partial charge in [0.1, 0.15) is 11.7 Å². The quantitative estimate of drug-likeness (QED) is 0.801. The van der Waals surface area contributed by atoms with Gasteiger partial charge in [-0.3, -0.25) is 5.32 Å². The first-order chi connectivity index (χ1) is 11.7. The smallest absolute Gasteiger partial charge is 0.411 e. The summed E-state index contributed by atoms with van der Waals surface area (Å²) in [6.07, 6.45) is 1.99. The van der Waals surface area contributed by atoms with Crippen LogP contribution in [0.4, 0.5) is 10.5 Å². The summed E-state index contributed by atoms with van der Waals surface area (Å²) in [4.78, 5) is 23.3. The molecule has 1 spiro atoms. The molecule has 1 aliphatic carbocycles. The van der Waals surface area contributed by atoms with Crippen molar-refractivity contribution in [3.63, 3.8) is 0 Å². The van der Waals surface area contributed by atoms with E-state index in [0.717, 1.165) is 5.69 Å². The molecule has 1 heterocycles. The second-order valence-corrected chi connectivity index (χ2v) is 7.80. The van der Waals surface area contributed by atoms with Crippen molar-refractivity contribution in [2.75, 3.05) is 5.32 Å². The average Bonchev–Trinajstić information content (AvgIpc) is 2.55. The first kappa shape index (κ1) is 18.2. The lowest BCUT2D eigenvalue weighted by atomic mass is 9.85. The summed E-state index contributed by atoms with van der Waals surface area (Å²) in [5, 5.41) is 2.74. The van der Waals surface area contributed by atoms with Crippen molar-refractivity contribution >= 4 is 11.8 Å². The molecule has 1 aromatic rings. The lowest BCUT2D eigenvalue weighted by molar-refractivity contribution is -0.544. The Labute approximate surface area is 148 Å². The van der Waals surface area contributed by atoms with Crippen molar-refractivity contribution in [2.24, 2.45) is 0 Å². The third-order valence-electron chi connectivity index (χ3n) is 5.28. The Morgan fingerprint density at radius 2 is 1.68 bits per heavy atom. The van der Waals surface area contributed by atoms with Crippen molar-refractivity contribution in [3.8, 4) is 0 Å². The van der Waals surface area contributed by atoms with Crippen molar-refractivity contribution in [2.45, 2.75) is 76.5 Å². The molecule has 3 rings (SSSR count). The van der Waals surface area contributed by atoms with E-state index in [-0.39, 0.29) is 6.10 Å². The van der Waals surface area contributed by atoms with Crippen molar-refractivity contribution in [1.29, 1.82) is 0 Å². The minimum absolute atomic E-state index is 0.153. The third-order valence-corrected chi connectivity index (χ3v) is 5.28. The summed E-state index contributed by atoms with van der Waals surface area (Å²) in [6.45, 7) is 7.91. The molecular weight excluding hydrogens is 322 g/mol. The minimum Gasteiger partial charge on any atom is -0.446 e. The van der Waals surface area contributed by atoms with E-state index in [2.05, 4.69) is 5.32 Å². The van der Waals surface area contributed by atoms with E-state index < -0.39 is 23.1 Å². The number of nitrogens with one attached hydrogen (secondary N) is 1. The highest BCUT2D eigenvalue weighted by molar-refractivity contribution is 5.84. The molecular formula is C19H27NO5. The lowest BCUT2D eigenvalue weighted by Crippen LogP contribution is -2.62. The van der Waals surface area contributed by atoms with Gasteiger partial charge in [0.15, 0.2) is 0 Å². The molecule has 1 N–H and O–H groups in total. The number of carbonyl (C=O) groups is 1. The maximum Gasteiger partial charge on any atom is 0.411 e. The Balaban J connectivity index is 1.51. The van der Waals surface area contributed by atoms with Gasteiger partial charge in [-0.2, -0.15) is 0 Å². The van der Waals surface area contributed by atoms with Crippen molar-refractivity contribution < 1.29 is 24.0 Å². The molecule has 0 unspecified atom stereocenters. The largest absolute Gasteiger partial charge is 0.446 e. The Hall–Kier alpha value is -1.63. The predicted molar refractivity (Wildman–Crippen MR) is 92.9 cm³/mol. The number of anilines is 1. The Kier molecular flexibility index (Phi) is 4.79. The molecule has 0 radical (unpaired) electrons. The maximum atomic E-state index is 12.0. The first-order valence-electron chi connectivity index (χ1n) is 8.81. The zero-order valence-electron chi connectivity index (χ0n) is 15.3. The summed E-state index contributed by atoms with van der Waals surface area (Å²) in [6, 6.07) is 9.26. The zero-order valence-corrected chi connectivity index (χ0v) is 15.3. The van der Waals surface area contributed by atoms with Crippen LogP contribution in [0.15, 0.2) is 30.3 Å². The van der Waals surface area contributed by atoms with Crippen molar-refractivity contribution in [1.82, 2.24) is 0 Å². The summed E-state index contributed by atoms with van der Waals surface area (Å²) in [5.41, 5.74) is -0.277. The van der Waals surface area contributed by atoms with Gasteiger partial charge in [0.05, 0.1) is 5.60 Å². The van der Waals surface area contributed by atoms with Crippen LogP contribution in [0.25, 0.3) is 0 Å². The van der Waals surface area contributed by atoms with Gasteiger partial charge in [0.2, 0.25) is 5.79 Å². The highest BCUT2D eigenvalue weighted by Gasteiger charge is 2.54. The highest BCUT2D eigenvalue weighted by Crippen LogP contribution is 2.46. The van der Waals surface area contributed by atoms with Gasteiger partial charge < -0.3 is 9.47 Å². The van der Waals surface area contributed by atoms with Crippen LogP contribution < -0.4 is 5.32 Å². The van der Waals surface area contributed by atoms with E-state index in [0.29, 0.717) is 25.7 Å². The van der Waals surface area contributed by atoms with Crippen LogP contribution >= 0.6 is 0 Å². The van der Waals surface area contributed by atoms with Gasteiger partial charge >= 0.3 is 6.09 Å². The average molecular weight is 349 g/mol. The number of hydrogen-bond donors (Lipinski definition) is 1. The number of para-hydroxylation sites is 1. The SMILES string of the molecule is CC1(C)OOC2(CCC(OC(=O)Nc3ccccc3)CC2)OC1(C)C. The van der Waals surface area contributed by atoms with E-state index >= 15 is 0 Å². The van der Waals surface area contributed by atoms with Gasteiger partial charge in [0, 0.05) is 18.5 Å². The van der Waals surface area contributed by atoms with Crippen LogP contribution in [0.1, 0.15) is 53.4 Å². The van der Waals surface area contributed by atoms with Gasteiger partial charge in [-0.15, -0.1) is 0 Å². The summed E-state index contributed by atoms with van der Waals surface area (Å²) in [7, 11) is 0. The topological polar surface area (TPSA) is 66.0 Å². The Morgan fingerprint density at radius 1 is 1.04 bits per heavy atom. The number of rotatable bonds is 2. The van der Waals surface area contributed by atoms with Gasteiger partial charge in [-0.05, 0) is 52.7 Å². The number of carbonyl (C=O) groups excluding carboxylic acids is 1. The second kappa shape index (κ2) is 6.59. The van der Waals surface area contributed by atoms with Gasteiger partial charge in [-0.25, -0.2) is 14.6 Å². The molecule has 1 saturated heterocycles. The molecule has 2 aliphatic rings. The predicted octanol–water partition coefficient (Wildman–Crippen LogP) is 4.41. The standard InChI is InChI=1S/C19H27NO5/c1-17(2)18(3,4)24-25-19(23-17)12-10-15(11-13-19)22-16(21)20-14-8-6-5-7-9-14/h5-9,15H,10-13H2,1-4H3,(H,20,21). The number of amides is 1. The van der Waals surface area contributed by atoms with Gasteiger partial charge in [0.25, 0.3) is 0 Å². The molecule has 2 fully saturated rings. The molecule has 1 aliphatic heterocycles. The fourth-order valence-electron chi connectivity index (χ4n) is 3.04. The molecule has 1 amide bonds. The first-order valence-corrected chi connectivity index (χ1v) is 8.81. The molecule has 25 heavy (non-hydrogen) atoms. The molecule has 1 saturated carbocycles. The number of hydrogen-bond acceptors (Lipinski definition) is 5. The molecule has 0 bridgehead atoms. The fraction of sp³-hybridized carbons (Fsp3) is 0.632. The highest BCUT2D eigenvalue weighted by atomic mass is 17.3. The third kappa shape index (κ3) is 3.97. The van der Waals surface area contributed by atoms with Crippen LogP contribution in [-0.2, 0) is 19.2 Å². The minimum atomic E-state index is -0.755. The van der Waals surface area contributed by atoms with Crippen LogP contribution in [0, 0.1) is 0 Å². The van der Waals surface area contributed by atoms with Crippen molar-refractivity contribution in [3.05, 3.63) is 30.3 Å². The van der Waals surface area contributed by atoms with Crippen LogP contribution in [-0.4, -0.2) is 29.2 Å². The van der Waals surface area contributed by atoms with Crippen LogP contribution in [0.5, 0.6) is 0 Å². The molecule has 1 aromatic carbocycles. The van der Waals surface area contributed by atoms with E-state index in [9.17, 15) is 4.79 Å². The maximum absolute atomic E-state index is 12.0. The molecule has 0 aromatic heterocycles. The van der Waals surface area contributed by atoms with E-state index in [1.165, 1.54) is 0 Å². The van der Waals surface area contributed by atoms with E-state index in [1.54, 1.807) is 0 Å². The lowest BCUT2D eigenvalue weighted by Gasteiger charge is -2.53. The molecule has 0 atom stereocenters.